The number of nitrogens with zero attached hydrogens (tertiary/aromatic N) is 3. The summed E-state index contributed by atoms with van der Waals surface area (Å²) in [7, 11) is 0. The largest absolute Gasteiger partial charge is 0.333 e. The van der Waals surface area contributed by atoms with Crippen molar-refractivity contribution < 1.29 is 9.59 Å². The molecule has 1 aromatic carbocycles. The van der Waals surface area contributed by atoms with Crippen LogP contribution in [0.5, 0.6) is 0 Å². The smallest absolute Gasteiger partial charge is 0.245 e. The highest BCUT2D eigenvalue weighted by Gasteiger charge is 2.22. The molecule has 2 aromatic rings. The van der Waals surface area contributed by atoms with Crippen LogP contribution in [0.25, 0.3) is 5.69 Å². The predicted molar refractivity (Wildman–Crippen MR) is 113 cm³/mol. The van der Waals surface area contributed by atoms with E-state index in [0.717, 1.165) is 24.2 Å². The van der Waals surface area contributed by atoms with Crippen molar-refractivity contribution in [2.45, 2.75) is 59.3 Å². The molecule has 6 heteroatoms. The van der Waals surface area contributed by atoms with Crippen molar-refractivity contribution in [2.75, 3.05) is 18.4 Å². The summed E-state index contributed by atoms with van der Waals surface area (Å²) in [4.78, 5) is 26.6. The monoisotopic (exact) mass is 384 g/mol. The summed E-state index contributed by atoms with van der Waals surface area (Å²) >= 11 is 0. The maximum absolute atomic E-state index is 12.7. The predicted octanol–water partition coefficient (Wildman–Crippen LogP) is 4.15. The van der Waals surface area contributed by atoms with Gasteiger partial charge in [-0.3, -0.25) is 9.59 Å². The van der Waals surface area contributed by atoms with Crippen LogP contribution in [0.2, 0.25) is 0 Å². The number of anilines is 1. The molecule has 6 nitrogen and oxygen atoms in total. The molecule has 0 fully saturated rings. The molecule has 0 saturated heterocycles. The molecular formula is C22H32N4O2. The molecule has 28 heavy (non-hydrogen) atoms. The molecule has 0 radical (unpaired) electrons. The number of nitrogens with one attached hydrogen (secondary N) is 1. The van der Waals surface area contributed by atoms with Crippen LogP contribution in [0.15, 0.2) is 36.4 Å². The van der Waals surface area contributed by atoms with Crippen LogP contribution in [-0.2, 0) is 15.0 Å². The summed E-state index contributed by atoms with van der Waals surface area (Å²) in [5, 5.41) is 7.66. The zero-order valence-electron chi connectivity index (χ0n) is 17.7. The number of hydrogen-bond donors (Lipinski definition) is 1. The minimum Gasteiger partial charge on any atom is -0.333 e. The van der Waals surface area contributed by atoms with E-state index in [4.69, 9.17) is 5.10 Å². The van der Waals surface area contributed by atoms with Gasteiger partial charge in [-0.2, -0.15) is 5.10 Å². The molecule has 0 aliphatic carbocycles. The van der Waals surface area contributed by atoms with Crippen molar-refractivity contribution in [3.05, 3.63) is 42.1 Å². The average Bonchev–Trinajstić information content (AvgIpc) is 3.06. The molecule has 1 aromatic heterocycles. The second-order valence-corrected chi connectivity index (χ2v) is 8.03. The van der Waals surface area contributed by atoms with Gasteiger partial charge in [-0.15, -0.1) is 0 Å². The lowest BCUT2D eigenvalue weighted by atomic mass is 9.92. The second-order valence-electron chi connectivity index (χ2n) is 8.03. The van der Waals surface area contributed by atoms with Gasteiger partial charge in [-0.25, -0.2) is 4.68 Å². The Hall–Kier alpha value is -2.63. The van der Waals surface area contributed by atoms with Crippen molar-refractivity contribution in [3.63, 3.8) is 0 Å². The van der Waals surface area contributed by atoms with Gasteiger partial charge in [-0.05, 0) is 25.0 Å². The number of rotatable bonds is 8. The van der Waals surface area contributed by atoms with Crippen LogP contribution in [-0.4, -0.2) is 39.6 Å². The molecule has 0 atom stereocenters. The Morgan fingerprint density at radius 2 is 1.79 bits per heavy atom. The molecule has 152 valence electrons. The molecule has 1 heterocycles. The third-order valence-electron chi connectivity index (χ3n) is 4.39. The summed E-state index contributed by atoms with van der Waals surface area (Å²) in [5.74, 6) is 0.419. The first-order chi connectivity index (χ1) is 13.3. The summed E-state index contributed by atoms with van der Waals surface area (Å²) in [6, 6.07) is 11.6. The second kappa shape index (κ2) is 9.53. The SMILES string of the molecule is CCCC(=O)N(CCC)CC(=O)Nc1cc(C(C)(C)C)nn1-c1ccccc1. The third kappa shape index (κ3) is 5.68. The molecule has 1 N–H and O–H groups in total. The van der Waals surface area contributed by atoms with E-state index in [0.29, 0.717) is 18.8 Å². The quantitative estimate of drug-likeness (QED) is 0.743. The molecule has 0 spiro atoms. The lowest BCUT2D eigenvalue weighted by Crippen LogP contribution is -2.38. The first-order valence-electron chi connectivity index (χ1n) is 9.99. The average molecular weight is 385 g/mol. The molecular weight excluding hydrogens is 352 g/mol. The zero-order chi connectivity index (χ0) is 20.7. The van der Waals surface area contributed by atoms with Crippen LogP contribution in [0.1, 0.15) is 59.6 Å². The fraction of sp³-hybridized carbons (Fsp3) is 0.500. The highest BCUT2D eigenvalue weighted by molar-refractivity contribution is 5.94. The van der Waals surface area contributed by atoms with Crippen molar-refractivity contribution in [1.82, 2.24) is 14.7 Å². The van der Waals surface area contributed by atoms with E-state index >= 15 is 0 Å². The number of carbonyl (C=O) groups excluding carboxylic acids is 2. The lowest BCUT2D eigenvalue weighted by Gasteiger charge is -2.21. The highest BCUT2D eigenvalue weighted by Crippen LogP contribution is 2.26. The molecule has 0 aliphatic rings. The third-order valence-corrected chi connectivity index (χ3v) is 4.39. The minimum atomic E-state index is -0.213. The Morgan fingerprint density at radius 1 is 1.11 bits per heavy atom. The standard InChI is InChI=1S/C22H32N4O2/c1-6-11-21(28)25(14-7-2)16-20(27)23-19-15-18(22(3,4)5)24-26(19)17-12-9-8-10-13-17/h8-10,12-13,15H,6-7,11,14,16H2,1-5H3,(H,23,27). The number of carbonyl (C=O) groups is 2. The molecule has 2 rings (SSSR count). The Labute approximate surface area is 167 Å². The summed E-state index contributed by atoms with van der Waals surface area (Å²) in [6.07, 6.45) is 2.05. The molecule has 0 unspecified atom stereocenters. The fourth-order valence-electron chi connectivity index (χ4n) is 2.89. The molecule has 0 saturated carbocycles. The van der Waals surface area contributed by atoms with Gasteiger partial charge in [0.25, 0.3) is 0 Å². The van der Waals surface area contributed by atoms with Crippen molar-refractivity contribution in [3.8, 4) is 5.69 Å². The summed E-state index contributed by atoms with van der Waals surface area (Å²) in [6.45, 7) is 10.9. The first kappa shape index (κ1) is 21.7. The van der Waals surface area contributed by atoms with E-state index in [1.807, 2.05) is 50.2 Å². The van der Waals surface area contributed by atoms with Crippen LogP contribution >= 0.6 is 0 Å². The summed E-state index contributed by atoms with van der Waals surface area (Å²) in [5.41, 5.74) is 1.62. The zero-order valence-corrected chi connectivity index (χ0v) is 17.7. The number of benzene rings is 1. The lowest BCUT2D eigenvalue weighted by molar-refractivity contribution is -0.134. The van der Waals surface area contributed by atoms with Crippen LogP contribution in [0.3, 0.4) is 0 Å². The van der Waals surface area contributed by atoms with Gasteiger partial charge in [0.2, 0.25) is 11.8 Å². The molecule has 0 bridgehead atoms. The molecule has 2 amide bonds. The van der Waals surface area contributed by atoms with E-state index < -0.39 is 0 Å². The van der Waals surface area contributed by atoms with Gasteiger partial charge in [0.05, 0.1) is 17.9 Å². The Morgan fingerprint density at radius 3 is 2.36 bits per heavy atom. The van der Waals surface area contributed by atoms with E-state index in [-0.39, 0.29) is 23.8 Å². The normalized spacial score (nSPS) is 11.3. The van der Waals surface area contributed by atoms with E-state index in [1.54, 1.807) is 9.58 Å². The van der Waals surface area contributed by atoms with Crippen molar-refractivity contribution in [1.29, 1.82) is 0 Å². The van der Waals surface area contributed by atoms with E-state index in [1.165, 1.54) is 0 Å². The van der Waals surface area contributed by atoms with Gasteiger partial charge >= 0.3 is 0 Å². The van der Waals surface area contributed by atoms with Crippen molar-refractivity contribution >= 4 is 17.6 Å². The van der Waals surface area contributed by atoms with Gasteiger partial charge in [-0.1, -0.05) is 52.8 Å². The van der Waals surface area contributed by atoms with Gasteiger partial charge in [0.1, 0.15) is 5.82 Å². The van der Waals surface area contributed by atoms with Gasteiger partial charge in [0.15, 0.2) is 0 Å². The van der Waals surface area contributed by atoms with Gasteiger partial charge < -0.3 is 10.2 Å². The summed E-state index contributed by atoms with van der Waals surface area (Å²) < 4.78 is 1.75. The highest BCUT2D eigenvalue weighted by atomic mass is 16.2. The van der Waals surface area contributed by atoms with E-state index in [2.05, 4.69) is 26.1 Å². The van der Waals surface area contributed by atoms with Crippen LogP contribution in [0.4, 0.5) is 5.82 Å². The van der Waals surface area contributed by atoms with Crippen LogP contribution < -0.4 is 5.32 Å². The fourth-order valence-corrected chi connectivity index (χ4v) is 2.89. The molecule has 0 aliphatic heterocycles. The number of aromatic nitrogens is 2. The van der Waals surface area contributed by atoms with Gasteiger partial charge in [0, 0.05) is 24.4 Å². The Balaban J connectivity index is 2.25. The maximum atomic E-state index is 12.7. The number of amides is 2. The first-order valence-corrected chi connectivity index (χ1v) is 9.99. The maximum Gasteiger partial charge on any atom is 0.245 e. The minimum absolute atomic E-state index is 0.0199. The van der Waals surface area contributed by atoms with E-state index in [9.17, 15) is 9.59 Å². The van der Waals surface area contributed by atoms with Crippen molar-refractivity contribution in [2.24, 2.45) is 0 Å². The topological polar surface area (TPSA) is 67.2 Å². The number of hydrogen-bond acceptors (Lipinski definition) is 3. The Kier molecular flexibility index (Phi) is 7.38. The van der Waals surface area contributed by atoms with Crippen LogP contribution in [0, 0.1) is 0 Å². The Bertz CT molecular complexity index is 791. The number of para-hydroxylation sites is 1.